The van der Waals surface area contributed by atoms with Gasteiger partial charge in [-0.25, -0.2) is 0 Å². The lowest BCUT2D eigenvalue weighted by Crippen LogP contribution is -2.01. The molecule has 0 rings (SSSR count). The van der Waals surface area contributed by atoms with Gasteiger partial charge < -0.3 is 0 Å². The second kappa shape index (κ2) is 7.53. The average Bonchev–Trinajstić information content (AvgIpc) is 2.14. The molecule has 13 heavy (non-hydrogen) atoms. The Morgan fingerprint density at radius 1 is 1.54 bits per heavy atom. The molecule has 0 aliphatic carbocycles. The third kappa shape index (κ3) is 5.18. The fourth-order valence-electron chi connectivity index (χ4n) is 1.06. The van der Waals surface area contributed by atoms with Gasteiger partial charge in [-0.3, -0.25) is 4.99 Å². The van der Waals surface area contributed by atoms with Gasteiger partial charge in [-0.05, 0) is 31.9 Å². The number of allylic oxidation sites excluding steroid dienone is 4. The highest BCUT2D eigenvalue weighted by Gasteiger charge is 2.01. The normalized spacial score (nSPS) is 15.5. The van der Waals surface area contributed by atoms with E-state index in [4.69, 9.17) is 0 Å². The van der Waals surface area contributed by atoms with E-state index < -0.39 is 0 Å². The summed E-state index contributed by atoms with van der Waals surface area (Å²) in [5, 5.41) is 0. The van der Waals surface area contributed by atoms with E-state index in [1.165, 1.54) is 5.57 Å². The van der Waals surface area contributed by atoms with Crippen LogP contribution in [0.4, 0.5) is 0 Å². The highest BCUT2D eigenvalue weighted by molar-refractivity contribution is 5.71. The Bertz CT molecular complexity index is 221. The Labute approximate surface area is 81.6 Å². The van der Waals surface area contributed by atoms with Crippen LogP contribution in [0.2, 0.25) is 0 Å². The smallest absolute Gasteiger partial charge is 0.0683 e. The monoisotopic (exact) mass is 177 g/mol. The molecule has 0 radical (unpaired) electrons. The van der Waals surface area contributed by atoms with Crippen LogP contribution in [0.15, 0.2) is 41.4 Å². The molecule has 72 valence electrons. The van der Waals surface area contributed by atoms with E-state index >= 15 is 0 Å². The van der Waals surface area contributed by atoms with E-state index in [1.807, 2.05) is 37.4 Å². The zero-order valence-corrected chi connectivity index (χ0v) is 8.83. The van der Waals surface area contributed by atoms with Crippen LogP contribution in [-0.4, -0.2) is 12.3 Å². The summed E-state index contributed by atoms with van der Waals surface area (Å²) in [7, 11) is 0. The van der Waals surface area contributed by atoms with Crippen LogP contribution >= 0.6 is 0 Å². The Kier molecular flexibility index (Phi) is 6.89. The summed E-state index contributed by atoms with van der Waals surface area (Å²) in [4.78, 5) is 4.38. The van der Waals surface area contributed by atoms with Crippen LogP contribution in [0.1, 0.15) is 27.2 Å². The number of hydrogen-bond donors (Lipinski definition) is 0. The van der Waals surface area contributed by atoms with E-state index in [1.54, 1.807) is 0 Å². The van der Waals surface area contributed by atoms with Crippen molar-refractivity contribution in [2.24, 2.45) is 4.99 Å². The molecule has 0 N–H and O–H groups in total. The van der Waals surface area contributed by atoms with E-state index in [-0.39, 0.29) is 6.04 Å². The van der Waals surface area contributed by atoms with Crippen molar-refractivity contribution >= 4 is 6.21 Å². The van der Waals surface area contributed by atoms with Crippen molar-refractivity contribution in [2.75, 3.05) is 0 Å². The minimum Gasteiger partial charge on any atom is -0.286 e. The summed E-state index contributed by atoms with van der Waals surface area (Å²) < 4.78 is 0. The minimum atomic E-state index is 0.263. The van der Waals surface area contributed by atoms with Crippen molar-refractivity contribution in [3.8, 4) is 0 Å². The summed E-state index contributed by atoms with van der Waals surface area (Å²) in [5.74, 6) is 0. The van der Waals surface area contributed by atoms with E-state index in [0.29, 0.717) is 0 Å². The second-order valence-corrected chi connectivity index (χ2v) is 2.83. The lowest BCUT2D eigenvalue weighted by molar-refractivity contribution is 0.820. The van der Waals surface area contributed by atoms with E-state index in [9.17, 15) is 0 Å². The van der Waals surface area contributed by atoms with Crippen LogP contribution in [0.5, 0.6) is 0 Å². The SMILES string of the molecule is C=C/C=C(/CC)C(C)N=C/C=C\C. The van der Waals surface area contributed by atoms with E-state index in [0.717, 1.165) is 6.42 Å². The molecule has 0 saturated heterocycles. The van der Waals surface area contributed by atoms with Crippen LogP contribution < -0.4 is 0 Å². The largest absolute Gasteiger partial charge is 0.286 e. The molecule has 0 aliphatic heterocycles. The van der Waals surface area contributed by atoms with Gasteiger partial charge in [0.25, 0.3) is 0 Å². The molecule has 0 aromatic heterocycles. The zero-order valence-electron chi connectivity index (χ0n) is 8.83. The summed E-state index contributed by atoms with van der Waals surface area (Å²) >= 11 is 0. The first-order valence-electron chi connectivity index (χ1n) is 4.72. The average molecular weight is 177 g/mol. The molecule has 0 aromatic rings. The van der Waals surface area contributed by atoms with Crippen LogP contribution in [0, 0.1) is 0 Å². The summed E-state index contributed by atoms with van der Waals surface area (Å²) in [5.41, 5.74) is 1.32. The maximum atomic E-state index is 4.38. The lowest BCUT2D eigenvalue weighted by atomic mass is 10.1. The number of rotatable bonds is 5. The molecule has 0 saturated carbocycles. The fraction of sp³-hybridized carbons (Fsp3) is 0.417. The first-order chi connectivity index (χ1) is 6.26. The van der Waals surface area contributed by atoms with Gasteiger partial charge in [-0.15, -0.1) is 0 Å². The summed E-state index contributed by atoms with van der Waals surface area (Å²) in [6.45, 7) is 9.90. The van der Waals surface area contributed by atoms with Crippen molar-refractivity contribution in [3.63, 3.8) is 0 Å². The van der Waals surface area contributed by atoms with Gasteiger partial charge in [0.1, 0.15) is 0 Å². The zero-order chi connectivity index (χ0) is 10.1. The fourth-order valence-corrected chi connectivity index (χ4v) is 1.06. The highest BCUT2D eigenvalue weighted by Crippen LogP contribution is 2.09. The number of nitrogens with zero attached hydrogens (tertiary/aromatic N) is 1. The molecule has 0 fully saturated rings. The van der Waals surface area contributed by atoms with Gasteiger partial charge in [-0.1, -0.05) is 31.7 Å². The first kappa shape index (κ1) is 11.9. The third-order valence-electron chi connectivity index (χ3n) is 1.86. The number of hydrogen-bond acceptors (Lipinski definition) is 1. The standard InChI is InChI=1S/C12H19N/c1-5-8-10-13-11(4)12(7-3)9-6-2/h5-6,8-11H,2,7H2,1,3-4H3/b8-5-,12-9-,13-10?. The maximum absolute atomic E-state index is 4.38. The van der Waals surface area contributed by atoms with Crippen molar-refractivity contribution in [1.82, 2.24) is 0 Å². The Hall–Kier alpha value is -1.11. The predicted octanol–water partition coefficient (Wildman–Crippen LogP) is 3.54. The van der Waals surface area contributed by atoms with Crippen molar-refractivity contribution in [3.05, 3.63) is 36.5 Å². The predicted molar refractivity (Wildman–Crippen MR) is 61.3 cm³/mol. The molecule has 0 amide bonds. The summed E-state index contributed by atoms with van der Waals surface area (Å²) in [6, 6.07) is 0.263. The van der Waals surface area contributed by atoms with Gasteiger partial charge in [-0.2, -0.15) is 0 Å². The molecule has 0 spiro atoms. The Morgan fingerprint density at radius 2 is 2.23 bits per heavy atom. The summed E-state index contributed by atoms with van der Waals surface area (Å²) in [6.07, 6.45) is 10.6. The van der Waals surface area contributed by atoms with Crippen molar-refractivity contribution in [2.45, 2.75) is 33.2 Å². The van der Waals surface area contributed by atoms with Gasteiger partial charge in [0.2, 0.25) is 0 Å². The third-order valence-corrected chi connectivity index (χ3v) is 1.86. The minimum absolute atomic E-state index is 0.263. The molecule has 0 aromatic carbocycles. The quantitative estimate of drug-likeness (QED) is 0.450. The van der Waals surface area contributed by atoms with Crippen LogP contribution in [-0.2, 0) is 0 Å². The topological polar surface area (TPSA) is 12.4 Å². The maximum Gasteiger partial charge on any atom is 0.0683 e. The molecule has 1 nitrogen and oxygen atoms in total. The number of aliphatic imine (C=N–C) groups is 1. The molecular weight excluding hydrogens is 158 g/mol. The Balaban J connectivity index is 4.29. The van der Waals surface area contributed by atoms with Gasteiger partial charge in [0.15, 0.2) is 0 Å². The second-order valence-electron chi connectivity index (χ2n) is 2.83. The molecule has 0 bridgehead atoms. The molecular formula is C12H19N. The van der Waals surface area contributed by atoms with Crippen molar-refractivity contribution < 1.29 is 0 Å². The van der Waals surface area contributed by atoms with Gasteiger partial charge >= 0.3 is 0 Å². The van der Waals surface area contributed by atoms with Gasteiger partial charge in [0, 0.05) is 6.21 Å². The Morgan fingerprint density at radius 3 is 2.69 bits per heavy atom. The van der Waals surface area contributed by atoms with Crippen molar-refractivity contribution in [1.29, 1.82) is 0 Å². The van der Waals surface area contributed by atoms with Gasteiger partial charge in [0.05, 0.1) is 6.04 Å². The molecule has 0 aliphatic rings. The molecule has 1 unspecified atom stereocenters. The highest BCUT2D eigenvalue weighted by atomic mass is 14.8. The van der Waals surface area contributed by atoms with E-state index in [2.05, 4.69) is 25.4 Å². The molecule has 0 heterocycles. The molecule has 1 heteroatoms. The van der Waals surface area contributed by atoms with Crippen LogP contribution in [0.25, 0.3) is 0 Å². The lowest BCUT2D eigenvalue weighted by Gasteiger charge is -2.07. The first-order valence-corrected chi connectivity index (χ1v) is 4.72. The van der Waals surface area contributed by atoms with Crippen LogP contribution in [0.3, 0.4) is 0 Å². The molecule has 1 atom stereocenters.